The van der Waals surface area contributed by atoms with Gasteiger partial charge in [-0.1, -0.05) is 15.9 Å². The van der Waals surface area contributed by atoms with Gasteiger partial charge in [0.1, 0.15) is 5.82 Å². The van der Waals surface area contributed by atoms with Crippen molar-refractivity contribution in [1.29, 1.82) is 0 Å². The van der Waals surface area contributed by atoms with Crippen molar-refractivity contribution in [2.24, 2.45) is 0 Å². The monoisotopic (exact) mass is 229 g/mol. The normalized spacial score (nSPS) is 15.8. The zero-order valence-electron chi connectivity index (χ0n) is 6.53. The highest BCUT2D eigenvalue weighted by atomic mass is 79.9. The number of rotatable bonds is 0. The lowest BCUT2D eigenvalue weighted by molar-refractivity contribution is 0.562. The van der Waals surface area contributed by atoms with E-state index in [0.717, 1.165) is 28.6 Å². The third-order valence-corrected chi connectivity index (χ3v) is 2.58. The van der Waals surface area contributed by atoms with E-state index in [1.807, 2.05) is 6.07 Å². The average molecular weight is 230 g/mol. The smallest absolute Gasteiger partial charge is 0.129 e. The molecule has 0 radical (unpaired) electrons. The molecule has 0 fully saturated rings. The van der Waals surface area contributed by atoms with E-state index < -0.39 is 0 Å². The topological polar surface area (TPSA) is 12.0 Å². The van der Waals surface area contributed by atoms with Crippen LogP contribution in [0.2, 0.25) is 0 Å². The van der Waals surface area contributed by atoms with Gasteiger partial charge in [-0.15, -0.1) is 0 Å². The minimum Gasteiger partial charge on any atom is -0.312 e. The van der Waals surface area contributed by atoms with Crippen LogP contribution in [-0.4, -0.2) is 6.54 Å². The molecule has 0 saturated carbocycles. The first-order valence-corrected chi connectivity index (χ1v) is 4.74. The Labute approximate surface area is 79.1 Å². The highest BCUT2D eigenvalue weighted by Crippen LogP contribution is 2.22. The summed E-state index contributed by atoms with van der Waals surface area (Å²) in [5, 5.41) is 3.15. The maximum atomic E-state index is 13.3. The first-order valence-electron chi connectivity index (χ1n) is 3.95. The molecule has 0 bridgehead atoms. The van der Waals surface area contributed by atoms with Crippen LogP contribution in [0.3, 0.4) is 0 Å². The van der Waals surface area contributed by atoms with Crippen LogP contribution in [-0.2, 0) is 13.0 Å². The second-order valence-corrected chi connectivity index (χ2v) is 3.87. The molecular weight excluding hydrogens is 221 g/mol. The SMILES string of the molecule is Fc1cc(Br)cc2c1CNCC2. The van der Waals surface area contributed by atoms with Crippen molar-refractivity contribution in [1.82, 2.24) is 5.32 Å². The van der Waals surface area contributed by atoms with Gasteiger partial charge in [-0.25, -0.2) is 4.39 Å². The van der Waals surface area contributed by atoms with Crippen LogP contribution in [0.25, 0.3) is 0 Å². The van der Waals surface area contributed by atoms with Gasteiger partial charge in [0.2, 0.25) is 0 Å². The van der Waals surface area contributed by atoms with Crippen molar-refractivity contribution in [3.8, 4) is 0 Å². The first-order chi connectivity index (χ1) is 5.77. The predicted molar refractivity (Wildman–Crippen MR) is 49.5 cm³/mol. The molecule has 0 spiro atoms. The van der Waals surface area contributed by atoms with Gasteiger partial charge in [0.05, 0.1) is 0 Å². The largest absolute Gasteiger partial charge is 0.312 e. The maximum absolute atomic E-state index is 13.3. The highest BCUT2D eigenvalue weighted by Gasteiger charge is 2.13. The van der Waals surface area contributed by atoms with Crippen LogP contribution in [0.15, 0.2) is 16.6 Å². The number of halogens is 2. The average Bonchev–Trinajstić information content (AvgIpc) is 2.04. The van der Waals surface area contributed by atoms with Crippen molar-refractivity contribution < 1.29 is 4.39 Å². The van der Waals surface area contributed by atoms with E-state index in [4.69, 9.17) is 0 Å². The Morgan fingerprint density at radius 1 is 1.42 bits per heavy atom. The zero-order chi connectivity index (χ0) is 8.55. The van der Waals surface area contributed by atoms with E-state index >= 15 is 0 Å². The maximum Gasteiger partial charge on any atom is 0.129 e. The summed E-state index contributed by atoms with van der Waals surface area (Å²) in [5.74, 6) is -0.105. The number of fused-ring (bicyclic) bond motifs is 1. The lowest BCUT2D eigenvalue weighted by Gasteiger charge is -2.17. The summed E-state index contributed by atoms with van der Waals surface area (Å²) in [4.78, 5) is 0. The van der Waals surface area contributed by atoms with Gasteiger partial charge in [-0.3, -0.25) is 0 Å². The molecule has 0 atom stereocenters. The van der Waals surface area contributed by atoms with Crippen molar-refractivity contribution in [3.63, 3.8) is 0 Å². The van der Waals surface area contributed by atoms with Gasteiger partial charge in [-0.2, -0.15) is 0 Å². The predicted octanol–water partition coefficient (Wildman–Crippen LogP) is 2.23. The molecular formula is C9H9BrFN. The molecule has 1 aromatic rings. The zero-order valence-corrected chi connectivity index (χ0v) is 8.12. The molecule has 1 aliphatic heterocycles. The molecule has 1 nitrogen and oxygen atoms in total. The Hall–Kier alpha value is -0.410. The van der Waals surface area contributed by atoms with Crippen LogP contribution in [0.4, 0.5) is 4.39 Å². The third kappa shape index (κ3) is 1.39. The lowest BCUT2D eigenvalue weighted by atomic mass is 10.0. The van der Waals surface area contributed by atoms with Gasteiger partial charge in [-0.05, 0) is 30.7 Å². The lowest BCUT2D eigenvalue weighted by Crippen LogP contribution is -2.24. The second kappa shape index (κ2) is 3.15. The Morgan fingerprint density at radius 3 is 3.08 bits per heavy atom. The van der Waals surface area contributed by atoms with Crippen LogP contribution >= 0.6 is 15.9 Å². The van der Waals surface area contributed by atoms with Gasteiger partial charge >= 0.3 is 0 Å². The molecule has 1 N–H and O–H groups in total. The number of nitrogens with one attached hydrogen (secondary N) is 1. The first kappa shape index (κ1) is 8.20. The summed E-state index contributed by atoms with van der Waals surface area (Å²) in [5.41, 5.74) is 1.95. The van der Waals surface area contributed by atoms with E-state index in [0.29, 0.717) is 6.54 Å². The van der Waals surface area contributed by atoms with Crippen LogP contribution < -0.4 is 5.32 Å². The summed E-state index contributed by atoms with van der Waals surface area (Å²) in [6.07, 6.45) is 0.922. The fraction of sp³-hybridized carbons (Fsp3) is 0.333. The van der Waals surface area contributed by atoms with E-state index in [1.165, 1.54) is 6.07 Å². The van der Waals surface area contributed by atoms with E-state index in [9.17, 15) is 4.39 Å². The van der Waals surface area contributed by atoms with Crippen LogP contribution in [0.5, 0.6) is 0 Å². The summed E-state index contributed by atoms with van der Waals surface area (Å²) in [7, 11) is 0. The molecule has 0 aromatic heterocycles. The van der Waals surface area contributed by atoms with Crippen LogP contribution in [0, 0.1) is 5.82 Å². The molecule has 0 amide bonds. The van der Waals surface area contributed by atoms with Crippen molar-refractivity contribution in [2.75, 3.05) is 6.54 Å². The number of benzene rings is 1. The molecule has 1 heterocycles. The molecule has 0 aliphatic carbocycles. The van der Waals surface area contributed by atoms with Crippen LogP contribution in [0.1, 0.15) is 11.1 Å². The Morgan fingerprint density at radius 2 is 2.25 bits per heavy atom. The third-order valence-electron chi connectivity index (χ3n) is 2.13. The Kier molecular flexibility index (Phi) is 2.15. The van der Waals surface area contributed by atoms with Gasteiger partial charge in [0, 0.05) is 16.6 Å². The minimum absolute atomic E-state index is 0.105. The van der Waals surface area contributed by atoms with Crippen molar-refractivity contribution in [2.45, 2.75) is 13.0 Å². The van der Waals surface area contributed by atoms with Gasteiger partial charge in [0.25, 0.3) is 0 Å². The van der Waals surface area contributed by atoms with Gasteiger partial charge in [0.15, 0.2) is 0 Å². The van der Waals surface area contributed by atoms with E-state index in [1.54, 1.807) is 0 Å². The molecule has 0 unspecified atom stereocenters. The summed E-state index contributed by atoms with van der Waals surface area (Å²) < 4.78 is 14.1. The molecule has 64 valence electrons. The fourth-order valence-corrected chi connectivity index (χ4v) is 1.99. The number of hydrogen-bond donors (Lipinski definition) is 1. The quantitative estimate of drug-likeness (QED) is 0.720. The summed E-state index contributed by atoms with van der Waals surface area (Å²) in [6, 6.07) is 3.52. The summed E-state index contributed by atoms with van der Waals surface area (Å²) in [6.45, 7) is 1.61. The Balaban J connectivity index is 2.53. The van der Waals surface area contributed by atoms with Crippen molar-refractivity contribution >= 4 is 15.9 Å². The summed E-state index contributed by atoms with van der Waals surface area (Å²) >= 11 is 3.28. The number of hydrogen-bond acceptors (Lipinski definition) is 1. The molecule has 12 heavy (non-hydrogen) atoms. The second-order valence-electron chi connectivity index (χ2n) is 2.95. The van der Waals surface area contributed by atoms with Gasteiger partial charge < -0.3 is 5.32 Å². The fourth-order valence-electron chi connectivity index (χ4n) is 1.51. The Bertz CT molecular complexity index is 312. The van der Waals surface area contributed by atoms with Crippen molar-refractivity contribution in [3.05, 3.63) is 33.5 Å². The van der Waals surface area contributed by atoms with E-state index in [2.05, 4.69) is 21.2 Å². The minimum atomic E-state index is -0.105. The highest BCUT2D eigenvalue weighted by molar-refractivity contribution is 9.10. The molecule has 3 heteroatoms. The molecule has 2 rings (SSSR count). The molecule has 0 saturated heterocycles. The molecule has 1 aromatic carbocycles. The molecule has 1 aliphatic rings. The standard InChI is InChI=1S/C9H9BrFN/c10-7-3-6-1-2-12-5-8(6)9(11)4-7/h3-4,12H,1-2,5H2. The van der Waals surface area contributed by atoms with E-state index in [-0.39, 0.29) is 5.82 Å².